The summed E-state index contributed by atoms with van der Waals surface area (Å²) in [7, 11) is 1.23. The highest BCUT2D eigenvalue weighted by Gasteiger charge is 2.30. The second-order valence-corrected chi connectivity index (χ2v) is 5.98. The highest BCUT2D eigenvalue weighted by molar-refractivity contribution is 7.41. The smallest absolute Gasteiger partial charge is 0.0150 e. The maximum Gasteiger partial charge on any atom is -0.0150 e. The lowest BCUT2D eigenvalue weighted by Crippen LogP contribution is -2.11. The van der Waals surface area contributed by atoms with Crippen LogP contribution in [0.2, 0.25) is 0 Å². The van der Waals surface area contributed by atoms with Gasteiger partial charge in [-0.2, -0.15) is 0 Å². The molecule has 0 aromatic rings. The monoisotopic (exact) mass is 144 g/mol. The Morgan fingerprint density at radius 2 is 2.33 bits per heavy atom. The Morgan fingerprint density at radius 1 is 1.67 bits per heavy atom. The van der Waals surface area contributed by atoms with Crippen molar-refractivity contribution in [3.8, 4) is 0 Å². The molecular formula is C8H17P. The fourth-order valence-electron chi connectivity index (χ4n) is 1.55. The molecule has 1 rings (SSSR count). The number of rotatable bonds is 1. The van der Waals surface area contributed by atoms with Crippen molar-refractivity contribution in [2.75, 3.05) is 0 Å². The molecular weight excluding hydrogens is 127 g/mol. The van der Waals surface area contributed by atoms with Crippen molar-refractivity contribution < 1.29 is 0 Å². The molecule has 0 spiro atoms. The Bertz CT molecular complexity index is 101. The van der Waals surface area contributed by atoms with Gasteiger partial charge in [0, 0.05) is 0 Å². The maximum atomic E-state index is 2.44. The highest BCUT2D eigenvalue weighted by atomic mass is 31.1. The highest BCUT2D eigenvalue weighted by Crippen LogP contribution is 2.50. The Hall–Kier alpha value is 0.430. The minimum absolute atomic E-state index is 0.736. The van der Waals surface area contributed by atoms with Gasteiger partial charge in [-0.25, -0.2) is 0 Å². The largest absolute Gasteiger partial charge is 0.113 e. The van der Waals surface area contributed by atoms with E-state index in [9.17, 15) is 0 Å². The lowest BCUT2D eigenvalue weighted by molar-refractivity contribution is 0.577. The molecule has 1 heterocycles. The van der Waals surface area contributed by atoms with Crippen LogP contribution in [0, 0.1) is 0 Å². The SMILES string of the molecule is CCC1(C)CCC(C)P1. The van der Waals surface area contributed by atoms with Crippen LogP contribution >= 0.6 is 8.58 Å². The van der Waals surface area contributed by atoms with E-state index in [1.54, 1.807) is 0 Å². The molecule has 0 N–H and O–H groups in total. The second-order valence-electron chi connectivity index (χ2n) is 3.50. The minimum Gasteiger partial charge on any atom is -0.113 e. The quantitative estimate of drug-likeness (QED) is 0.496. The van der Waals surface area contributed by atoms with Crippen molar-refractivity contribution in [2.45, 2.75) is 50.8 Å². The van der Waals surface area contributed by atoms with Crippen LogP contribution in [0.3, 0.4) is 0 Å². The van der Waals surface area contributed by atoms with Gasteiger partial charge in [0.05, 0.1) is 0 Å². The van der Waals surface area contributed by atoms with E-state index < -0.39 is 0 Å². The molecule has 3 unspecified atom stereocenters. The van der Waals surface area contributed by atoms with Crippen LogP contribution in [-0.2, 0) is 0 Å². The van der Waals surface area contributed by atoms with Gasteiger partial charge in [-0.15, -0.1) is 8.58 Å². The summed E-state index contributed by atoms with van der Waals surface area (Å²) in [4.78, 5) is 0. The van der Waals surface area contributed by atoms with E-state index in [4.69, 9.17) is 0 Å². The van der Waals surface area contributed by atoms with E-state index in [0.29, 0.717) is 0 Å². The van der Waals surface area contributed by atoms with Gasteiger partial charge < -0.3 is 0 Å². The molecule has 1 aliphatic heterocycles. The molecule has 0 nitrogen and oxygen atoms in total. The summed E-state index contributed by atoms with van der Waals surface area (Å²) in [5.41, 5.74) is 1.02. The Balaban J connectivity index is 2.45. The van der Waals surface area contributed by atoms with E-state index in [0.717, 1.165) is 10.8 Å². The van der Waals surface area contributed by atoms with Gasteiger partial charge in [-0.3, -0.25) is 0 Å². The standard InChI is InChI=1S/C8H17P/c1-4-8(3)6-5-7(2)9-8/h7,9H,4-6H2,1-3H3. The summed E-state index contributed by atoms with van der Waals surface area (Å²) in [5, 5.41) is 0.736. The summed E-state index contributed by atoms with van der Waals surface area (Å²) in [6, 6.07) is 0. The van der Waals surface area contributed by atoms with Crippen LogP contribution in [0.5, 0.6) is 0 Å². The lowest BCUT2D eigenvalue weighted by Gasteiger charge is -2.20. The van der Waals surface area contributed by atoms with Gasteiger partial charge in [-0.05, 0) is 30.1 Å². The third-order valence-corrected chi connectivity index (χ3v) is 4.59. The van der Waals surface area contributed by atoms with Gasteiger partial charge in [0.1, 0.15) is 0 Å². The van der Waals surface area contributed by atoms with E-state index in [1.807, 2.05) is 0 Å². The predicted molar refractivity (Wildman–Crippen MR) is 45.7 cm³/mol. The molecule has 0 radical (unpaired) electrons. The maximum absolute atomic E-state index is 2.44. The molecule has 1 aliphatic rings. The lowest BCUT2D eigenvalue weighted by atomic mass is 10.0. The van der Waals surface area contributed by atoms with Crippen molar-refractivity contribution in [2.24, 2.45) is 0 Å². The summed E-state index contributed by atoms with van der Waals surface area (Å²) in [5.74, 6) is 0. The van der Waals surface area contributed by atoms with Gasteiger partial charge in [0.2, 0.25) is 0 Å². The van der Waals surface area contributed by atoms with E-state index >= 15 is 0 Å². The van der Waals surface area contributed by atoms with Crippen molar-refractivity contribution in [3.05, 3.63) is 0 Å². The first-order valence-corrected chi connectivity index (χ1v) is 5.02. The summed E-state index contributed by atoms with van der Waals surface area (Å²) < 4.78 is 0. The van der Waals surface area contributed by atoms with E-state index in [1.165, 1.54) is 27.8 Å². The van der Waals surface area contributed by atoms with Crippen LogP contribution in [0.25, 0.3) is 0 Å². The van der Waals surface area contributed by atoms with Crippen molar-refractivity contribution >= 4 is 8.58 Å². The molecule has 54 valence electrons. The average Bonchev–Trinajstić information content (AvgIpc) is 2.13. The van der Waals surface area contributed by atoms with Crippen LogP contribution in [0.15, 0.2) is 0 Å². The van der Waals surface area contributed by atoms with Crippen LogP contribution < -0.4 is 0 Å². The van der Waals surface area contributed by atoms with E-state index in [2.05, 4.69) is 20.8 Å². The predicted octanol–water partition coefficient (Wildman–Crippen LogP) is 3.02. The second kappa shape index (κ2) is 2.58. The summed E-state index contributed by atoms with van der Waals surface area (Å²) >= 11 is 0. The molecule has 1 saturated heterocycles. The molecule has 0 aromatic heterocycles. The third kappa shape index (κ3) is 1.67. The first-order chi connectivity index (χ1) is 4.16. The Kier molecular flexibility index (Phi) is 2.16. The fourth-order valence-corrected chi connectivity index (χ4v) is 3.52. The van der Waals surface area contributed by atoms with Crippen molar-refractivity contribution in [3.63, 3.8) is 0 Å². The van der Waals surface area contributed by atoms with Gasteiger partial charge >= 0.3 is 0 Å². The van der Waals surface area contributed by atoms with E-state index in [-0.39, 0.29) is 0 Å². The van der Waals surface area contributed by atoms with Crippen molar-refractivity contribution in [1.82, 2.24) is 0 Å². The minimum atomic E-state index is 0.736. The molecule has 0 saturated carbocycles. The Labute approximate surface area is 60.2 Å². The zero-order valence-corrected chi connectivity index (χ0v) is 7.70. The fraction of sp³-hybridized carbons (Fsp3) is 1.00. The molecule has 0 aromatic carbocycles. The zero-order chi connectivity index (χ0) is 6.91. The van der Waals surface area contributed by atoms with Crippen molar-refractivity contribution in [1.29, 1.82) is 0 Å². The van der Waals surface area contributed by atoms with Crippen LogP contribution in [0.4, 0.5) is 0 Å². The topological polar surface area (TPSA) is 0 Å². The summed E-state index contributed by atoms with van der Waals surface area (Å²) in [6.45, 7) is 7.15. The Morgan fingerprint density at radius 3 is 2.56 bits per heavy atom. The van der Waals surface area contributed by atoms with Crippen LogP contribution in [0.1, 0.15) is 40.0 Å². The third-order valence-electron chi connectivity index (χ3n) is 2.50. The number of hydrogen-bond donors (Lipinski definition) is 0. The molecule has 0 bridgehead atoms. The van der Waals surface area contributed by atoms with Gasteiger partial charge in [0.15, 0.2) is 0 Å². The first kappa shape index (κ1) is 7.54. The molecule has 0 amide bonds. The first-order valence-electron chi connectivity index (χ1n) is 3.94. The van der Waals surface area contributed by atoms with Gasteiger partial charge in [-0.1, -0.05) is 20.8 Å². The zero-order valence-electron chi connectivity index (χ0n) is 6.70. The molecule has 9 heavy (non-hydrogen) atoms. The molecule has 0 aliphatic carbocycles. The molecule has 3 atom stereocenters. The van der Waals surface area contributed by atoms with Crippen LogP contribution in [-0.4, -0.2) is 10.8 Å². The normalized spacial score (nSPS) is 46.3. The molecule has 1 fully saturated rings. The number of hydrogen-bond acceptors (Lipinski definition) is 0. The summed E-state index contributed by atoms with van der Waals surface area (Å²) in [6.07, 6.45) is 4.34. The van der Waals surface area contributed by atoms with Gasteiger partial charge in [0.25, 0.3) is 0 Å². The molecule has 1 heteroatoms. The average molecular weight is 144 g/mol.